The van der Waals surface area contributed by atoms with Gasteiger partial charge in [0.2, 0.25) is 0 Å². The summed E-state index contributed by atoms with van der Waals surface area (Å²) < 4.78 is 1.30. The molecule has 0 aliphatic carbocycles. The number of aryl methyl sites for hydroxylation is 1. The van der Waals surface area contributed by atoms with Gasteiger partial charge in [0.25, 0.3) is 5.56 Å². The standard InChI is InChI=1S/C15H17Cl2N3O/c1-3-11-4-6-12(7-5-11)9-19(2)10-20-15(21)14(17)13(16)8-18-20/h4-8H,3,9-10H2,1-2H3. The summed E-state index contributed by atoms with van der Waals surface area (Å²) in [7, 11) is 1.92. The van der Waals surface area contributed by atoms with Crippen LogP contribution in [0.1, 0.15) is 18.1 Å². The average molecular weight is 326 g/mol. The highest BCUT2D eigenvalue weighted by molar-refractivity contribution is 6.41. The molecule has 0 N–H and O–H groups in total. The fraction of sp³-hybridized carbons (Fsp3) is 0.333. The monoisotopic (exact) mass is 325 g/mol. The minimum Gasteiger partial charge on any atom is -0.283 e. The molecule has 4 nitrogen and oxygen atoms in total. The molecule has 0 spiro atoms. The van der Waals surface area contributed by atoms with Gasteiger partial charge in [-0.3, -0.25) is 9.69 Å². The summed E-state index contributed by atoms with van der Waals surface area (Å²) in [4.78, 5) is 13.9. The van der Waals surface area contributed by atoms with Crippen LogP contribution in [0.15, 0.2) is 35.3 Å². The van der Waals surface area contributed by atoms with Crippen molar-refractivity contribution >= 4 is 23.2 Å². The van der Waals surface area contributed by atoms with Crippen molar-refractivity contribution in [2.75, 3.05) is 7.05 Å². The van der Waals surface area contributed by atoms with Crippen molar-refractivity contribution in [1.29, 1.82) is 0 Å². The largest absolute Gasteiger partial charge is 0.288 e. The fourth-order valence-corrected chi connectivity index (χ4v) is 2.29. The van der Waals surface area contributed by atoms with Crippen LogP contribution in [-0.4, -0.2) is 21.7 Å². The van der Waals surface area contributed by atoms with Gasteiger partial charge in [-0.05, 0) is 24.6 Å². The Labute approximate surface area is 133 Å². The minimum absolute atomic E-state index is 0.00682. The first kappa shape index (κ1) is 16.0. The van der Waals surface area contributed by atoms with Crippen LogP contribution in [0.5, 0.6) is 0 Å². The molecule has 0 atom stereocenters. The fourth-order valence-electron chi connectivity index (χ4n) is 2.02. The predicted molar refractivity (Wildman–Crippen MR) is 85.8 cm³/mol. The van der Waals surface area contributed by atoms with E-state index < -0.39 is 0 Å². The molecular formula is C15H17Cl2N3O. The van der Waals surface area contributed by atoms with E-state index in [4.69, 9.17) is 23.2 Å². The molecule has 1 aromatic carbocycles. The Morgan fingerprint density at radius 2 is 1.81 bits per heavy atom. The molecule has 2 aromatic rings. The second kappa shape index (κ2) is 7.07. The van der Waals surface area contributed by atoms with Crippen LogP contribution in [-0.2, 0) is 19.6 Å². The molecule has 112 valence electrons. The summed E-state index contributed by atoms with van der Waals surface area (Å²) in [5.41, 5.74) is 2.11. The maximum Gasteiger partial charge on any atom is 0.288 e. The number of aromatic nitrogens is 2. The lowest BCUT2D eigenvalue weighted by atomic mass is 10.1. The van der Waals surface area contributed by atoms with E-state index in [1.807, 2.05) is 11.9 Å². The highest BCUT2D eigenvalue weighted by atomic mass is 35.5. The Balaban J connectivity index is 2.06. The van der Waals surface area contributed by atoms with Gasteiger partial charge in [0, 0.05) is 6.54 Å². The van der Waals surface area contributed by atoms with Gasteiger partial charge in [-0.15, -0.1) is 0 Å². The Morgan fingerprint density at radius 3 is 2.43 bits per heavy atom. The van der Waals surface area contributed by atoms with Crippen molar-refractivity contribution < 1.29 is 0 Å². The number of benzene rings is 1. The van der Waals surface area contributed by atoms with Crippen molar-refractivity contribution in [2.24, 2.45) is 0 Å². The first-order valence-corrected chi connectivity index (χ1v) is 7.44. The molecular weight excluding hydrogens is 309 g/mol. The molecule has 0 unspecified atom stereocenters. The highest BCUT2D eigenvalue weighted by Gasteiger charge is 2.09. The van der Waals surface area contributed by atoms with Gasteiger partial charge >= 0.3 is 0 Å². The number of halogens is 2. The second-order valence-electron chi connectivity index (χ2n) is 4.94. The third-order valence-electron chi connectivity index (χ3n) is 3.20. The van der Waals surface area contributed by atoms with E-state index in [9.17, 15) is 4.79 Å². The van der Waals surface area contributed by atoms with Crippen LogP contribution in [0, 0.1) is 0 Å². The molecule has 0 bridgehead atoms. The smallest absolute Gasteiger partial charge is 0.283 e. The Hall–Kier alpha value is -1.36. The zero-order chi connectivity index (χ0) is 15.4. The van der Waals surface area contributed by atoms with Crippen LogP contribution < -0.4 is 5.56 Å². The van der Waals surface area contributed by atoms with E-state index in [1.165, 1.54) is 22.0 Å². The summed E-state index contributed by atoms with van der Waals surface area (Å²) in [5, 5.41) is 4.18. The highest BCUT2D eigenvalue weighted by Crippen LogP contribution is 2.14. The van der Waals surface area contributed by atoms with Crippen LogP contribution in [0.2, 0.25) is 10.0 Å². The Kier molecular flexibility index (Phi) is 5.39. The van der Waals surface area contributed by atoms with Gasteiger partial charge in [0.05, 0.1) is 17.9 Å². The molecule has 1 heterocycles. The normalized spacial score (nSPS) is 11.1. The molecule has 0 saturated heterocycles. The predicted octanol–water partition coefficient (Wildman–Crippen LogP) is 3.20. The SMILES string of the molecule is CCc1ccc(CN(C)Cn2ncc(Cl)c(Cl)c2=O)cc1. The zero-order valence-corrected chi connectivity index (χ0v) is 13.5. The van der Waals surface area contributed by atoms with Gasteiger partial charge in [0.15, 0.2) is 0 Å². The summed E-state index contributed by atoms with van der Waals surface area (Å²) in [6.07, 6.45) is 2.41. The summed E-state index contributed by atoms with van der Waals surface area (Å²) in [6.45, 7) is 3.20. The van der Waals surface area contributed by atoms with Crippen molar-refractivity contribution in [1.82, 2.24) is 14.7 Å². The summed E-state index contributed by atoms with van der Waals surface area (Å²) in [5.74, 6) is 0. The number of hydrogen-bond acceptors (Lipinski definition) is 3. The Morgan fingerprint density at radius 1 is 1.19 bits per heavy atom. The number of nitrogens with zero attached hydrogens (tertiary/aromatic N) is 3. The van der Waals surface area contributed by atoms with Gasteiger partial charge in [-0.25, -0.2) is 4.68 Å². The number of rotatable bonds is 5. The maximum atomic E-state index is 11.9. The molecule has 0 aliphatic rings. The molecule has 0 amide bonds. The lowest BCUT2D eigenvalue weighted by molar-refractivity contribution is 0.240. The molecule has 21 heavy (non-hydrogen) atoms. The van der Waals surface area contributed by atoms with Crippen LogP contribution in [0.4, 0.5) is 0 Å². The van der Waals surface area contributed by atoms with Gasteiger partial charge in [-0.1, -0.05) is 54.4 Å². The van der Waals surface area contributed by atoms with Crippen molar-refractivity contribution in [3.05, 3.63) is 62.0 Å². The van der Waals surface area contributed by atoms with Crippen molar-refractivity contribution in [2.45, 2.75) is 26.6 Å². The van der Waals surface area contributed by atoms with Crippen molar-refractivity contribution in [3.8, 4) is 0 Å². The van der Waals surface area contributed by atoms with Gasteiger partial charge in [0.1, 0.15) is 5.02 Å². The lowest BCUT2D eigenvalue weighted by Gasteiger charge is -2.17. The van der Waals surface area contributed by atoms with Gasteiger partial charge in [-0.2, -0.15) is 5.10 Å². The van der Waals surface area contributed by atoms with E-state index >= 15 is 0 Å². The maximum absolute atomic E-state index is 11.9. The summed E-state index contributed by atoms with van der Waals surface area (Å²) in [6, 6.07) is 8.43. The second-order valence-corrected chi connectivity index (χ2v) is 5.72. The summed E-state index contributed by atoms with van der Waals surface area (Å²) >= 11 is 11.6. The third-order valence-corrected chi connectivity index (χ3v) is 3.95. The molecule has 0 fully saturated rings. The van der Waals surface area contributed by atoms with E-state index in [2.05, 4.69) is 36.3 Å². The van der Waals surface area contributed by atoms with Crippen LogP contribution in [0.3, 0.4) is 0 Å². The van der Waals surface area contributed by atoms with E-state index in [0.717, 1.165) is 13.0 Å². The van der Waals surface area contributed by atoms with E-state index in [-0.39, 0.29) is 15.6 Å². The van der Waals surface area contributed by atoms with Crippen molar-refractivity contribution in [3.63, 3.8) is 0 Å². The number of hydrogen-bond donors (Lipinski definition) is 0. The molecule has 0 aliphatic heterocycles. The lowest BCUT2D eigenvalue weighted by Crippen LogP contribution is -2.31. The first-order valence-electron chi connectivity index (χ1n) is 6.68. The Bertz CT molecular complexity index is 668. The van der Waals surface area contributed by atoms with E-state index in [1.54, 1.807) is 0 Å². The minimum atomic E-state index is -0.377. The van der Waals surface area contributed by atoms with Crippen LogP contribution >= 0.6 is 23.2 Å². The first-order chi connectivity index (χ1) is 10.0. The molecule has 6 heteroatoms. The molecule has 2 rings (SSSR count). The molecule has 0 radical (unpaired) electrons. The average Bonchev–Trinajstić information content (AvgIpc) is 2.49. The van der Waals surface area contributed by atoms with Crippen LogP contribution in [0.25, 0.3) is 0 Å². The zero-order valence-electron chi connectivity index (χ0n) is 12.0. The third kappa shape index (κ3) is 4.06. The van der Waals surface area contributed by atoms with E-state index in [0.29, 0.717) is 6.67 Å². The molecule has 1 aromatic heterocycles. The quantitative estimate of drug-likeness (QED) is 0.847. The topological polar surface area (TPSA) is 38.1 Å². The molecule has 0 saturated carbocycles. The van der Waals surface area contributed by atoms with Gasteiger partial charge < -0.3 is 0 Å².